The van der Waals surface area contributed by atoms with Gasteiger partial charge in [-0.2, -0.15) is 9.97 Å². The summed E-state index contributed by atoms with van der Waals surface area (Å²) >= 11 is 6.53. The molecule has 2 aromatic carbocycles. The number of phenols is 1. The smallest absolute Gasteiger partial charge is 0.319 e. The van der Waals surface area contributed by atoms with Gasteiger partial charge in [-0.1, -0.05) is 24.2 Å². The number of hydrogen-bond donors (Lipinski definition) is 1. The SMILES string of the molecule is C=CC(=O)N1CCN(c2nc(OC3CN(C4CCOCC4)C3)nc3c(F)c(-c4c(O)cccc4F)c(Cl)cc23)CC1. The fourth-order valence-electron chi connectivity index (χ4n) is 5.75. The van der Waals surface area contributed by atoms with E-state index in [4.69, 9.17) is 21.1 Å². The Hall–Kier alpha value is -3.54. The molecule has 4 heterocycles. The number of likely N-dealkylation sites (tertiary alicyclic amines) is 1. The van der Waals surface area contributed by atoms with Gasteiger partial charge in [-0.05, 0) is 37.1 Å². The average Bonchev–Trinajstić information content (AvgIpc) is 2.96. The zero-order valence-electron chi connectivity index (χ0n) is 22.4. The number of anilines is 1. The van der Waals surface area contributed by atoms with E-state index in [2.05, 4.69) is 21.4 Å². The number of fused-ring (bicyclic) bond motifs is 1. The number of phenolic OH excluding ortho intramolecular Hbond substituents is 1. The highest BCUT2D eigenvalue weighted by molar-refractivity contribution is 6.34. The number of hydrogen-bond acceptors (Lipinski definition) is 8. The summed E-state index contributed by atoms with van der Waals surface area (Å²) in [7, 11) is 0. The summed E-state index contributed by atoms with van der Waals surface area (Å²) in [6.07, 6.45) is 3.05. The fourth-order valence-corrected chi connectivity index (χ4v) is 6.04. The third-order valence-electron chi connectivity index (χ3n) is 8.01. The van der Waals surface area contributed by atoms with E-state index < -0.39 is 17.4 Å². The molecule has 1 amide bonds. The lowest BCUT2D eigenvalue weighted by atomic mass is 10.0. The Labute approximate surface area is 240 Å². The highest BCUT2D eigenvalue weighted by atomic mass is 35.5. The van der Waals surface area contributed by atoms with Crippen molar-refractivity contribution in [3.8, 4) is 22.9 Å². The van der Waals surface area contributed by atoms with Crippen molar-refractivity contribution in [3.05, 3.63) is 53.6 Å². The lowest BCUT2D eigenvalue weighted by Crippen LogP contribution is -2.58. The summed E-state index contributed by atoms with van der Waals surface area (Å²) in [5, 5.41) is 10.6. The lowest BCUT2D eigenvalue weighted by Gasteiger charge is -2.44. The van der Waals surface area contributed by atoms with Crippen molar-refractivity contribution in [2.45, 2.75) is 25.0 Å². The highest BCUT2D eigenvalue weighted by Gasteiger charge is 2.36. The number of ether oxygens (including phenoxy) is 2. The van der Waals surface area contributed by atoms with Crippen LogP contribution in [0.4, 0.5) is 14.6 Å². The van der Waals surface area contributed by atoms with E-state index in [0.717, 1.165) is 32.1 Å². The number of carbonyl (C=O) groups excluding carboxylic acids is 1. The third-order valence-corrected chi connectivity index (χ3v) is 8.30. The van der Waals surface area contributed by atoms with E-state index in [-0.39, 0.29) is 39.7 Å². The molecule has 41 heavy (non-hydrogen) atoms. The van der Waals surface area contributed by atoms with Crippen LogP contribution in [0.5, 0.6) is 11.8 Å². The van der Waals surface area contributed by atoms with Gasteiger partial charge < -0.3 is 24.4 Å². The van der Waals surface area contributed by atoms with Crippen molar-refractivity contribution >= 4 is 34.2 Å². The molecule has 3 aliphatic heterocycles. The van der Waals surface area contributed by atoms with Crippen molar-refractivity contribution in [2.75, 3.05) is 57.4 Å². The van der Waals surface area contributed by atoms with Crippen molar-refractivity contribution < 1.29 is 28.2 Å². The minimum atomic E-state index is -0.890. The summed E-state index contributed by atoms with van der Waals surface area (Å²) < 4.78 is 42.6. The summed E-state index contributed by atoms with van der Waals surface area (Å²) in [6, 6.07) is 5.65. The summed E-state index contributed by atoms with van der Waals surface area (Å²) in [5.41, 5.74) is -0.736. The minimum Gasteiger partial charge on any atom is -0.507 e. The van der Waals surface area contributed by atoms with Crippen molar-refractivity contribution in [3.63, 3.8) is 0 Å². The number of aromatic nitrogens is 2. The van der Waals surface area contributed by atoms with Crippen molar-refractivity contribution in [2.24, 2.45) is 0 Å². The zero-order chi connectivity index (χ0) is 28.7. The van der Waals surface area contributed by atoms with Gasteiger partial charge in [0.05, 0.1) is 10.6 Å². The molecule has 3 fully saturated rings. The van der Waals surface area contributed by atoms with Gasteiger partial charge in [0.1, 0.15) is 29.0 Å². The Morgan fingerprint density at radius 1 is 1.12 bits per heavy atom. The third kappa shape index (κ3) is 5.29. The number of aromatic hydroxyl groups is 1. The van der Waals surface area contributed by atoms with E-state index in [0.29, 0.717) is 56.5 Å². The molecule has 3 aromatic rings. The van der Waals surface area contributed by atoms with Crippen LogP contribution >= 0.6 is 11.6 Å². The molecule has 9 nitrogen and oxygen atoms in total. The molecule has 1 aromatic heterocycles. The van der Waals surface area contributed by atoms with Crippen LogP contribution in [0.3, 0.4) is 0 Å². The molecular weight excluding hydrogens is 556 g/mol. The predicted octanol–water partition coefficient (Wildman–Crippen LogP) is 4.01. The lowest BCUT2D eigenvalue weighted by molar-refractivity contribution is -0.126. The quantitative estimate of drug-likeness (QED) is 0.434. The predicted molar refractivity (Wildman–Crippen MR) is 150 cm³/mol. The average molecular weight is 586 g/mol. The summed E-state index contributed by atoms with van der Waals surface area (Å²) in [5.74, 6) is -1.91. The van der Waals surface area contributed by atoms with Crippen LogP contribution in [0, 0.1) is 11.6 Å². The standard InChI is InChI=1S/C29H30ClF2N5O4/c1-2-23(39)35-8-10-36(11-9-35)28-19-14-20(30)24(25-21(31)4-3-5-22(25)38)26(32)27(19)33-29(34-28)41-18-15-37(16-18)17-6-12-40-13-7-17/h2-5,14,17-18,38H,1,6-13,15-16H2. The van der Waals surface area contributed by atoms with Crippen LogP contribution < -0.4 is 9.64 Å². The van der Waals surface area contributed by atoms with Crippen molar-refractivity contribution in [1.82, 2.24) is 19.8 Å². The molecule has 216 valence electrons. The number of amides is 1. The fraction of sp³-hybridized carbons (Fsp3) is 0.414. The van der Waals surface area contributed by atoms with Crippen LogP contribution in [-0.4, -0.2) is 95.4 Å². The molecule has 0 spiro atoms. The summed E-state index contributed by atoms with van der Waals surface area (Å²) in [6.45, 7) is 8.15. The summed E-state index contributed by atoms with van der Waals surface area (Å²) in [4.78, 5) is 27.1. The second kappa shape index (κ2) is 11.4. The minimum absolute atomic E-state index is 0.00125. The number of carbonyl (C=O) groups is 1. The Morgan fingerprint density at radius 3 is 2.54 bits per heavy atom. The second-order valence-corrected chi connectivity index (χ2v) is 10.9. The van der Waals surface area contributed by atoms with Crippen molar-refractivity contribution in [1.29, 1.82) is 0 Å². The Morgan fingerprint density at radius 2 is 1.85 bits per heavy atom. The maximum absolute atomic E-state index is 16.2. The Kier molecular flexibility index (Phi) is 7.67. The van der Waals surface area contributed by atoms with Gasteiger partial charge in [0.25, 0.3) is 0 Å². The van der Waals surface area contributed by atoms with E-state index >= 15 is 4.39 Å². The van der Waals surface area contributed by atoms with Crippen LogP contribution in [0.2, 0.25) is 5.02 Å². The maximum Gasteiger partial charge on any atom is 0.319 e. The molecule has 3 saturated heterocycles. The molecule has 6 rings (SSSR count). The van der Waals surface area contributed by atoms with E-state index in [1.807, 2.05) is 4.90 Å². The Balaban J connectivity index is 1.37. The van der Waals surface area contributed by atoms with Gasteiger partial charge in [0.15, 0.2) is 5.82 Å². The number of halogens is 3. The van der Waals surface area contributed by atoms with Gasteiger partial charge in [0, 0.05) is 69.5 Å². The first kappa shape index (κ1) is 27.6. The van der Waals surface area contributed by atoms with E-state index in [1.165, 1.54) is 24.3 Å². The van der Waals surface area contributed by atoms with Crippen LogP contribution in [0.1, 0.15) is 12.8 Å². The Bertz CT molecular complexity index is 1470. The molecule has 0 bridgehead atoms. The number of rotatable bonds is 6. The molecule has 0 unspecified atom stereocenters. The number of nitrogens with zero attached hydrogens (tertiary/aromatic N) is 5. The number of piperazine rings is 1. The molecule has 0 saturated carbocycles. The molecular formula is C29H30ClF2N5O4. The normalized spacial score (nSPS) is 18.9. The molecule has 3 aliphatic rings. The van der Waals surface area contributed by atoms with Gasteiger partial charge in [-0.3, -0.25) is 9.69 Å². The van der Waals surface area contributed by atoms with Gasteiger partial charge in [-0.15, -0.1) is 0 Å². The maximum atomic E-state index is 16.2. The van der Waals surface area contributed by atoms with Crippen LogP contribution in [0.15, 0.2) is 36.9 Å². The topological polar surface area (TPSA) is 91.3 Å². The van der Waals surface area contributed by atoms with Gasteiger partial charge >= 0.3 is 6.01 Å². The zero-order valence-corrected chi connectivity index (χ0v) is 23.1. The largest absolute Gasteiger partial charge is 0.507 e. The first-order valence-corrected chi connectivity index (χ1v) is 14.0. The first-order valence-electron chi connectivity index (χ1n) is 13.7. The number of benzene rings is 2. The van der Waals surface area contributed by atoms with Gasteiger partial charge in [-0.25, -0.2) is 8.78 Å². The second-order valence-electron chi connectivity index (χ2n) is 10.5. The molecule has 12 heteroatoms. The molecule has 1 N–H and O–H groups in total. The van der Waals surface area contributed by atoms with E-state index in [9.17, 15) is 14.3 Å². The molecule has 0 radical (unpaired) electrons. The van der Waals surface area contributed by atoms with Crippen LogP contribution in [0.25, 0.3) is 22.0 Å². The highest BCUT2D eigenvalue weighted by Crippen LogP contribution is 2.43. The first-order chi connectivity index (χ1) is 19.8. The molecule has 0 aliphatic carbocycles. The monoisotopic (exact) mass is 585 g/mol. The van der Waals surface area contributed by atoms with E-state index in [1.54, 1.807) is 4.90 Å². The van der Waals surface area contributed by atoms with Crippen LogP contribution in [-0.2, 0) is 9.53 Å². The van der Waals surface area contributed by atoms with Gasteiger partial charge in [0.2, 0.25) is 5.91 Å². The molecule has 0 atom stereocenters.